The van der Waals surface area contributed by atoms with E-state index in [-0.39, 0.29) is 10.8 Å². The summed E-state index contributed by atoms with van der Waals surface area (Å²) >= 11 is 5.05. The highest BCUT2D eigenvalue weighted by Gasteiger charge is 2.23. The van der Waals surface area contributed by atoms with E-state index in [1.54, 1.807) is 45.4 Å². The second-order valence-electron chi connectivity index (χ2n) is 7.34. The number of rotatable bonds is 6. The molecule has 1 aromatic carbocycles. The van der Waals surface area contributed by atoms with Gasteiger partial charge in [0.1, 0.15) is 5.82 Å². The fraction of sp³-hybridized carbons (Fsp3) is 0.471. The summed E-state index contributed by atoms with van der Waals surface area (Å²) in [5.74, 6) is 0.389. The molecule has 0 aliphatic rings. The molecule has 0 spiro atoms. The van der Waals surface area contributed by atoms with E-state index in [0.717, 1.165) is 5.82 Å². The molecule has 0 fully saturated rings. The Hall–Kier alpha value is -2.04. The Morgan fingerprint density at radius 3 is 2.56 bits per heavy atom. The first-order chi connectivity index (χ1) is 12.4. The van der Waals surface area contributed by atoms with Crippen molar-refractivity contribution in [2.75, 3.05) is 6.54 Å². The molecule has 0 bridgehead atoms. The quantitative estimate of drug-likeness (QED) is 0.629. The average molecular weight is 412 g/mol. The Morgan fingerprint density at radius 2 is 2.00 bits per heavy atom. The molecule has 0 aliphatic carbocycles. The van der Waals surface area contributed by atoms with Crippen LogP contribution in [0.2, 0.25) is 0 Å². The number of carbonyl (C=O) groups excluding carboxylic acids is 1. The number of aryl methyl sites for hydroxylation is 1. The first kappa shape index (κ1) is 21.3. The van der Waals surface area contributed by atoms with Gasteiger partial charge < -0.3 is 9.88 Å². The van der Waals surface area contributed by atoms with Crippen molar-refractivity contribution in [2.24, 2.45) is 7.05 Å². The van der Waals surface area contributed by atoms with Crippen LogP contribution >= 0.6 is 12.2 Å². The maximum absolute atomic E-state index is 12.5. The number of sulfonamides is 1. The number of aromatic amines is 1. The third-order valence-electron chi connectivity index (χ3n) is 3.81. The summed E-state index contributed by atoms with van der Waals surface area (Å²) in [5, 5.41) is 9.57. The molecular formula is C17H25N5O3S2. The van der Waals surface area contributed by atoms with Gasteiger partial charge >= 0.3 is 0 Å². The summed E-state index contributed by atoms with van der Waals surface area (Å²) in [7, 11) is -1.92. The van der Waals surface area contributed by atoms with Gasteiger partial charge in [-0.3, -0.25) is 9.89 Å². The molecule has 0 atom stereocenters. The Balaban J connectivity index is 2.14. The molecule has 0 aliphatic heterocycles. The van der Waals surface area contributed by atoms with E-state index in [2.05, 4.69) is 20.2 Å². The van der Waals surface area contributed by atoms with E-state index in [1.165, 1.54) is 12.1 Å². The van der Waals surface area contributed by atoms with Crippen molar-refractivity contribution >= 4 is 28.1 Å². The number of amides is 1. The summed E-state index contributed by atoms with van der Waals surface area (Å²) in [4.78, 5) is 12.6. The molecule has 2 aromatic rings. The van der Waals surface area contributed by atoms with Crippen molar-refractivity contribution in [3.63, 3.8) is 0 Å². The average Bonchev–Trinajstić information content (AvgIpc) is 2.84. The Bertz CT molecular complexity index is 1000. The lowest BCUT2D eigenvalue weighted by Gasteiger charge is -2.20. The van der Waals surface area contributed by atoms with Crippen LogP contribution in [0.4, 0.5) is 0 Å². The van der Waals surface area contributed by atoms with Crippen molar-refractivity contribution in [3.8, 4) is 0 Å². The first-order valence-corrected chi connectivity index (χ1v) is 10.3. The first-order valence-electron chi connectivity index (χ1n) is 8.44. The van der Waals surface area contributed by atoms with Crippen LogP contribution in [0, 0.1) is 11.7 Å². The molecule has 10 heteroatoms. The molecule has 1 heterocycles. The zero-order chi connectivity index (χ0) is 20.4. The monoisotopic (exact) mass is 411 g/mol. The lowest BCUT2D eigenvalue weighted by molar-refractivity contribution is 0.0953. The largest absolute Gasteiger partial charge is 0.352 e. The zero-order valence-corrected chi connectivity index (χ0v) is 17.7. The molecule has 0 radical (unpaired) electrons. The van der Waals surface area contributed by atoms with Gasteiger partial charge in [0.15, 0.2) is 4.77 Å². The molecule has 1 amide bonds. The maximum Gasteiger partial charge on any atom is 0.251 e. The molecule has 148 valence electrons. The van der Waals surface area contributed by atoms with Crippen molar-refractivity contribution in [2.45, 2.75) is 44.6 Å². The SMILES string of the molecule is Cc1ccc(S(=O)(=O)NC(C)(C)C)cc1C(=O)NCCc1n[nH]c(=S)n1C. The van der Waals surface area contributed by atoms with Crippen molar-refractivity contribution in [3.05, 3.63) is 39.9 Å². The molecule has 1 aromatic heterocycles. The zero-order valence-electron chi connectivity index (χ0n) is 16.1. The number of benzene rings is 1. The molecule has 8 nitrogen and oxygen atoms in total. The van der Waals surface area contributed by atoms with Gasteiger partial charge in [-0.15, -0.1) is 0 Å². The third-order valence-corrected chi connectivity index (χ3v) is 5.93. The summed E-state index contributed by atoms with van der Waals surface area (Å²) in [6.07, 6.45) is 0.498. The van der Waals surface area contributed by atoms with E-state index in [4.69, 9.17) is 12.2 Å². The third kappa shape index (κ3) is 5.47. The molecule has 0 saturated heterocycles. The highest BCUT2D eigenvalue weighted by molar-refractivity contribution is 7.89. The highest BCUT2D eigenvalue weighted by atomic mass is 32.2. The summed E-state index contributed by atoms with van der Waals surface area (Å²) in [5.41, 5.74) is 0.400. The van der Waals surface area contributed by atoms with Crippen molar-refractivity contribution in [1.29, 1.82) is 0 Å². The minimum atomic E-state index is -3.72. The molecule has 0 unspecified atom stereocenters. The smallest absolute Gasteiger partial charge is 0.251 e. The Kier molecular flexibility index (Phi) is 6.23. The van der Waals surface area contributed by atoms with Crippen LogP contribution in [0.5, 0.6) is 0 Å². The number of hydrogen-bond acceptors (Lipinski definition) is 5. The fourth-order valence-corrected chi connectivity index (χ4v) is 4.06. The Morgan fingerprint density at radius 1 is 1.33 bits per heavy atom. The Labute approximate surface area is 164 Å². The van der Waals surface area contributed by atoms with Gasteiger partial charge in [-0.25, -0.2) is 13.1 Å². The van der Waals surface area contributed by atoms with E-state index in [0.29, 0.717) is 28.9 Å². The lowest BCUT2D eigenvalue weighted by atomic mass is 10.1. The summed E-state index contributed by atoms with van der Waals surface area (Å²) in [6.45, 7) is 7.39. The predicted octanol–water partition coefficient (Wildman–Crippen LogP) is 1.84. The van der Waals surface area contributed by atoms with E-state index >= 15 is 0 Å². The number of aromatic nitrogens is 3. The number of nitrogens with zero attached hydrogens (tertiary/aromatic N) is 2. The molecule has 2 rings (SSSR count). The van der Waals surface area contributed by atoms with E-state index in [9.17, 15) is 13.2 Å². The van der Waals surface area contributed by atoms with Crippen LogP contribution < -0.4 is 10.0 Å². The molecule has 27 heavy (non-hydrogen) atoms. The summed E-state index contributed by atoms with van der Waals surface area (Å²) in [6, 6.07) is 4.52. The van der Waals surface area contributed by atoms with E-state index < -0.39 is 15.6 Å². The number of nitrogens with one attached hydrogen (secondary N) is 3. The topological polar surface area (TPSA) is 109 Å². The van der Waals surface area contributed by atoms with Gasteiger partial charge in [0.25, 0.3) is 5.91 Å². The fourth-order valence-electron chi connectivity index (χ4n) is 2.46. The number of H-pyrrole nitrogens is 1. The number of hydrogen-bond donors (Lipinski definition) is 3. The van der Waals surface area contributed by atoms with Gasteiger partial charge in [-0.1, -0.05) is 6.07 Å². The lowest BCUT2D eigenvalue weighted by Crippen LogP contribution is -2.40. The van der Waals surface area contributed by atoms with Gasteiger partial charge in [0, 0.05) is 31.1 Å². The maximum atomic E-state index is 12.5. The highest BCUT2D eigenvalue weighted by Crippen LogP contribution is 2.17. The minimum absolute atomic E-state index is 0.0580. The van der Waals surface area contributed by atoms with Crippen LogP contribution in [0.25, 0.3) is 0 Å². The van der Waals surface area contributed by atoms with Crippen molar-refractivity contribution < 1.29 is 13.2 Å². The normalized spacial score (nSPS) is 12.2. The molecule has 3 N–H and O–H groups in total. The molecular weight excluding hydrogens is 386 g/mol. The van der Waals surface area contributed by atoms with Crippen LogP contribution in [0.15, 0.2) is 23.1 Å². The minimum Gasteiger partial charge on any atom is -0.352 e. The predicted molar refractivity (Wildman–Crippen MR) is 106 cm³/mol. The second kappa shape index (κ2) is 7.91. The van der Waals surface area contributed by atoms with Gasteiger partial charge in [0.2, 0.25) is 10.0 Å². The molecule has 0 saturated carbocycles. The number of carbonyl (C=O) groups is 1. The van der Waals surface area contributed by atoms with Gasteiger partial charge in [0.05, 0.1) is 4.90 Å². The van der Waals surface area contributed by atoms with Gasteiger partial charge in [-0.2, -0.15) is 5.10 Å². The van der Waals surface area contributed by atoms with Crippen LogP contribution in [0.3, 0.4) is 0 Å². The standard InChI is InChI=1S/C17H25N5O3S2/c1-11-6-7-12(27(24,25)21-17(2,3)4)10-13(11)15(23)18-9-8-14-19-20-16(26)22(14)5/h6-7,10,21H,8-9H2,1-5H3,(H,18,23)(H,20,26). The van der Waals surface area contributed by atoms with Crippen LogP contribution in [0.1, 0.15) is 42.5 Å². The summed E-state index contributed by atoms with van der Waals surface area (Å²) < 4.78 is 29.8. The van der Waals surface area contributed by atoms with Crippen molar-refractivity contribution in [1.82, 2.24) is 24.8 Å². The van der Waals surface area contributed by atoms with Crippen LogP contribution in [-0.2, 0) is 23.5 Å². The van der Waals surface area contributed by atoms with Gasteiger partial charge in [-0.05, 0) is 57.6 Å². The second-order valence-corrected chi connectivity index (χ2v) is 9.41. The van der Waals surface area contributed by atoms with E-state index in [1.807, 2.05) is 0 Å². The van der Waals surface area contributed by atoms with Crippen LogP contribution in [-0.4, -0.2) is 41.2 Å².